The molecule has 1 rings (SSSR count). The SMILES string of the molecule is CCNC(=O)N1CCC(=NO)C(C)C1. The topological polar surface area (TPSA) is 64.9 Å². The number of rotatable bonds is 1. The number of oxime groups is 1. The number of likely N-dealkylation sites (tertiary alicyclic amines) is 1. The fourth-order valence-electron chi connectivity index (χ4n) is 1.62. The summed E-state index contributed by atoms with van der Waals surface area (Å²) < 4.78 is 0. The van der Waals surface area contributed by atoms with E-state index in [0.29, 0.717) is 26.1 Å². The highest BCUT2D eigenvalue weighted by atomic mass is 16.4. The lowest BCUT2D eigenvalue weighted by Crippen LogP contribution is -2.47. The Labute approximate surface area is 83.8 Å². The van der Waals surface area contributed by atoms with Gasteiger partial charge in [-0.05, 0) is 6.92 Å². The maximum atomic E-state index is 11.5. The number of amides is 2. The van der Waals surface area contributed by atoms with E-state index in [1.54, 1.807) is 4.90 Å². The minimum Gasteiger partial charge on any atom is -0.411 e. The predicted octanol–water partition coefficient (Wildman–Crippen LogP) is 0.888. The summed E-state index contributed by atoms with van der Waals surface area (Å²) in [7, 11) is 0. The fourth-order valence-corrected chi connectivity index (χ4v) is 1.62. The molecule has 1 fully saturated rings. The highest BCUT2D eigenvalue weighted by Crippen LogP contribution is 2.13. The molecule has 2 amide bonds. The first-order chi connectivity index (χ1) is 6.69. The van der Waals surface area contributed by atoms with Crippen molar-refractivity contribution in [2.45, 2.75) is 20.3 Å². The highest BCUT2D eigenvalue weighted by molar-refractivity contribution is 5.88. The van der Waals surface area contributed by atoms with Crippen LogP contribution in [0.25, 0.3) is 0 Å². The summed E-state index contributed by atoms with van der Waals surface area (Å²) in [6.07, 6.45) is 0.662. The van der Waals surface area contributed by atoms with Crippen LogP contribution in [0.15, 0.2) is 5.16 Å². The minimum absolute atomic E-state index is 0.0312. The van der Waals surface area contributed by atoms with Crippen LogP contribution in [0.1, 0.15) is 20.3 Å². The molecule has 0 aromatic heterocycles. The summed E-state index contributed by atoms with van der Waals surface area (Å²) in [5.41, 5.74) is 0.783. The first-order valence-corrected chi connectivity index (χ1v) is 4.92. The Morgan fingerprint density at radius 1 is 1.79 bits per heavy atom. The molecule has 0 saturated carbocycles. The number of hydrogen-bond donors (Lipinski definition) is 2. The van der Waals surface area contributed by atoms with Gasteiger partial charge in [-0.2, -0.15) is 0 Å². The quantitative estimate of drug-likeness (QED) is 0.486. The number of urea groups is 1. The van der Waals surface area contributed by atoms with Crippen molar-refractivity contribution in [2.24, 2.45) is 11.1 Å². The summed E-state index contributed by atoms with van der Waals surface area (Å²) in [4.78, 5) is 13.2. The normalized spacial score (nSPS) is 25.1. The molecule has 0 radical (unpaired) electrons. The molecule has 1 atom stereocenters. The highest BCUT2D eigenvalue weighted by Gasteiger charge is 2.25. The molecule has 80 valence electrons. The van der Waals surface area contributed by atoms with Crippen molar-refractivity contribution in [2.75, 3.05) is 19.6 Å². The summed E-state index contributed by atoms with van der Waals surface area (Å²) >= 11 is 0. The van der Waals surface area contributed by atoms with Crippen molar-refractivity contribution in [3.8, 4) is 0 Å². The summed E-state index contributed by atoms with van der Waals surface area (Å²) in [5.74, 6) is 0.149. The van der Waals surface area contributed by atoms with E-state index < -0.39 is 0 Å². The van der Waals surface area contributed by atoms with Gasteiger partial charge in [0.1, 0.15) is 0 Å². The van der Waals surface area contributed by atoms with E-state index in [0.717, 1.165) is 5.71 Å². The second-order valence-electron chi connectivity index (χ2n) is 3.52. The molecule has 1 aliphatic heterocycles. The zero-order valence-corrected chi connectivity index (χ0v) is 8.66. The molecular formula is C9H17N3O2. The third kappa shape index (κ3) is 2.37. The van der Waals surface area contributed by atoms with E-state index in [-0.39, 0.29) is 11.9 Å². The van der Waals surface area contributed by atoms with Gasteiger partial charge in [0.25, 0.3) is 0 Å². The van der Waals surface area contributed by atoms with Crippen LogP contribution in [0.5, 0.6) is 0 Å². The van der Waals surface area contributed by atoms with Gasteiger partial charge in [0.15, 0.2) is 0 Å². The smallest absolute Gasteiger partial charge is 0.317 e. The van der Waals surface area contributed by atoms with E-state index in [1.807, 2.05) is 13.8 Å². The van der Waals surface area contributed by atoms with Crippen LogP contribution in [0, 0.1) is 5.92 Å². The summed E-state index contributed by atoms with van der Waals surface area (Å²) in [6, 6.07) is -0.0312. The van der Waals surface area contributed by atoms with E-state index >= 15 is 0 Å². The first-order valence-electron chi connectivity index (χ1n) is 4.92. The van der Waals surface area contributed by atoms with E-state index in [9.17, 15) is 4.79 Å². The van der Waals surface area contributed by atoms with Crippen molar-refractivity contribution in [1.29, 1.82) is 0 Å². The Kier molecular flexibility index (Phi) is 3.73. The maximum absolute atomic E-state index is 11.5. The van der Waals surface area contributed by atoms with Gasteiger partial charge < -0.3 is 15.4 Å². The van der Waals surface area contributed by atoms with Crippen LogP contribution in [-0.2, 0) is 0 Å². The molecule has 5 nitrogen and oxygen atoms in total. The second-order valence-corrected chi connectivity index (χ2v) is 3.52. The third-order valence-electron chi connectivity index (χ3n) is 2.44. The number of piperidine rings is 1. The van der Waals surface area contributed by atoms with Crippen LogP contribution in [0.2, 0.25) is 0 Å². The zero-order chi connectivity index (χ0) is 10.6. The van der Waals surface area contributed by atoms with Crippen molar-refractivity contribution >= 4 is 11.7 Å². The van der Waals surface area contributed by atoms with Crippen molar-refractivity contribution in [1.82, 2.24) is 10.2 Å². The van der Waals surface area contributed by atoms with Crippen molar-refractivity contribution in [3.63, 3.8) is 0 Å². The van der Waals surface area contributed by atoms with E-state index in [2.05, 4.69) is 10.5 Å². The van der Waals surface area contributed by atoms with Crippen LogP contribution in [-0.4, -0.2) is 41.5 Å². The number of carbonyl (C=O) groups excluding carboxylic acids is 1. The predicted molar refractivity (Wildman–Crippen MR) is 53.6 cm³/mol. The Morgan fingerprint density at radius 2 is 2.50 bits per heavy atom. The van der Waals surface area contributed by atoms with Crippen molar-refractivity contribution < 1.29 is 10.0 Å². The molecule has 0 spiro atoms. The van der Waals surface area contributed by atoms with Crippen molar-refractivity contribution in [3.05, 3.63) is 0 Å². The number of hydrogen-bond acceptors (Lipinski definition) is 3. The average Bonchev–Trinajstić information content (AvgIpc) is 2.18. The Hall–Kier alpha value is -1.26. The molecule has 0 aromatic rings. The largest absolute Gasteiger partial charge is 0.411 e. The molecule has 1 aliphatic rings. The zero-order valence-electron chi connectivity index (χ0n) is 8.66. The number of nitrogens with zero attached hydrogens (tertiary/aromatic N) is 2. The van der Waals surface area contributed by atoms with Gasteiger partial charge >= 0.3 is 6.03 Å². The number of carbonyl (C=O) groups is 1. The Bertz CT molecular complexity index is 240. The maximum Gasteiger partial charge on any atom is 0.317 e. The lowest BCUT2D eigenvalue weighted by atomic mass is 9.98. The van der Waals surface area contributed by atoms with Gasteiger partial charge in [-0.25, -0.2) is 4.79 Å². The minimum atomic E-state index is -0.0312. The van der Waals surface area contributed by atoms with Gasteiger partial charge in [-0.15, -0.1) is 0 Å². The third-order valence-corrected chi connectivity index (χ3v) is 2.44. The molecule has 0 bridgehead atoms. The molecule has 14 heavy (non-hydrogen) atoms. The second kappa shape index (κ2) is 4.83. The molecule has 1 heterocycles. The van der Waals surface area contributed by atoms with Gasteiger partial charge in [-0.3, -0.25) is 0 Å². The Morgan fingerprint density at radius 3 is 3.00 bits per heavy atom. The summed E-state index contributed by atoms with van der Waals surface area (Å²) in [6.45, 7) is 5.76. The first kappa shape index (κ1) is 10.8. The molecule has 1 unspecified atom stereocenters. The van der Waals surface area contributed by atoms with Crippen LogP contribution >= 0.6 is 0 Å². The summed E-state index contributed by atoms with van der Waals surface area (Å²) in [5, 5.41) is 14.6. The molecule has 5 heteroatoms. The molecule has 0 aliphatic carbocycles. The fraction of sp³-hybridized carbons (Fsp3) is 0.778. The monoisotopic (exact) mass is 199 g/mol. The molecular weight excluding hydrogens is 182 g/mol. The van der Waals surface area contributed by atoms with Gasteiger partial charge in [0.2, 0.25) is 0 Å². The number of nitrogens with one attached hydrogen (secondary N) is 1. The lowest BCUT2D eigenvalue weighted by Gasteiger charge is -2.31. The van der Waals surface area contributed by atoms with E-state index in [4.69, 9.17) is 5.21 Å². The lowest BCUT2D eigenvalue weighted by molar-refractivity contribution is 0.190. The standard InChI is InChI=1S/C9H17N3O2/c1-3-10-9(13)12-5-4-8(11-14)7(2)6-12/h7,14H,3-6H2,1-2H3,(H,10,13). The Balaban J connectivity index is 2.50. The van der Waals surface area contributed by atoms with Gasteiger partial charge in [-0.1, -0.05) is 12.1 Å². The van der Waals surface area contributed by atoms with Crippen LogP contribution in [0.3, 0.4) is 0 Å². The molecule has 0 aromatic carbocycles. The average molecular weight is 199 g/mol. The van der Waals surface area contributed by atoms with Crippen LogP contribution in [0.4, 0.5) is 4.79 Å². The van der Waals surface area contributed by atoms with E-state index in [1.165, 1.54) is 0 Å². The van der Waals surface area contributed by atoms with Gasteiger partial charge in [0.05, 0.1) is 5.71 Å². The van der Waals surface area contributed by atoms with Gasteiger partial charge in [0, 0.05) is 32.0 Å². The molecule has 2 N–H and O–H groups in total. The van der Waals surface area contributed by atoms with Crippen LogP contribution < -0.4 is 5.32 Å². The molecule has 1 saturated heterocycles.